The number of hydrogen-bond acceptors (Lipinski definition) is 4. The van der Waals surface area contributed by atoms with Gasteiger partial charge in [0.05, 0.1) is 5.75 Å². The molecule has 0 aromatic rings. The van der Waals surface area contributed by atoms with Crippen molar-refractivity contribution in [2.45, 2.75) is 51.0 Å². The van der Waals surface area contributed by atoms with Crippen LogP contribution in [-0.2, 0) is 14.6 Å². The highest BCUT2D eigenvalue weighted by atomic mass is 32.2. The summed E-state index contributed by atoms with van der Waals surface area (Å²) < 4.78 is 21.9. The molecule has 0 amide bonds. The van der Waals surface area contributed by atoms with Crippen molar-refractivity contribution in [1.29, 1.82) is 0 Å². The summed E-state index contributed by atoms with van der Waals surface area (Å²) in [6, 6.07) is 0. The van der Waals surface area contributed by atoms with E-state index in [1.807, 2.05) is 0 Å². The number of aliphatic hydroxyl groups is 1. The van der Waals surface area contributed by atoms with Gasteiger partial charge in [-0.2, -0.15) is 0 Å². The predicted octanol–water partition coefficient (Wildman–Crippen LogP) is 1.32. The molecule has 0 heterocycles. The van der Waals surface area contributed by atoms with Gasteiger partial charge < -0.3 is 5.11 Å². The molecule has 0 aromatic heterocycles. The summed E-state index contributed by atoms with van der Waals surface area (Å²) in [5.41, 5.74) is -1.19. The minimum Gasteiger partial charge on any atom is -0.382 e. The SMILES string of the molecule is CC1CCC(O)(C(=O)CCCS(C)(=O)=O)CC1. The summed E-state index contributed by atoms with van der Waals surface area (Å²) >= 11 is 0. The van der Waals surface area contributed by atoms with E-state index in [1.54, 1.807) is 0 Å². The second-order valence-electron chi connectivity index (χ2n) is 5.37. The first-order valence-corrected chi connectivity index (χ1v) is 8.22. The molecule has 0 bridgehead atoms. The van der Waals surface area contributed by atoms with Crippen molar-refractivity contribution in [3.8, 4) is 0 Å². The molecule has 0 unspecified atom stereocenters. The molecule has 4 nitrogen and oxygen atoms in total. The van der Waals surface area contributed by atoms with Gasteiger partial charge in [-0.25, -0.2) is 8.42 Å². The number of rotatable bonds is 5. The molecule has 0 saturated heterocycles. The molecule has 0 aromatic carbocycles. The second-order valence-corrected chi connectivity index (χ2v) is 7.63. The standard InChI is InChI=1S/C12H22O4S/c1-10-5-7-12(14,8-6-10)11(13)4-3-9-17(2,15)16/h10,14H,3-9H2,1-2H3. The lowest BCUT2D eigenvalue weighted by atomic mass is 9.76. The van der Waals surface area contributed by atoms with Crippen LogP contribution in [0.5, 0.6) is 0 Å². The van der Waals surface area contributed by atoms with Crippen LogP contribution < -0.4 is 0 Å². The van der Waals surface area contributed by atoms with Crippen molar-refractivity contribution >= 4 is 15.6 Å². The van der Waals surface area contributed by atoms with Crippen molar-refractivity contribution in [3.05, 3.63) is 0 Å². The van der Waals surface area contributed by atoms with Gasteiger partial charge in [-0.3, -0.25) is 4.79 Å². The normalized spacial score (nSPS) is 30.2. The molecular formula is C12H22O4S. The fourth-order valence-electron chi connectivity index (χ4n) is 2.25. The Hall–Kier alpha value is -0.420. The van der Waals surface area contributed by atoms with Crippen molar-refractivity contribution in [3.63, 3.8) is 0 Å². The van der Waals surface area contributed by atoms with Crippen LogP contribution in [0.4, 0.5) is 0 Å². The lowest BCUT2D eigenvalue weighted by Crippen LogP contribution is -2.41. The minimum absolute atomic E-state index is 0.0191. The molecule has 0 aliphatic heterocycles. The first kappa shape index (κ1) is 14.6. The fourth-order valence-corrected chi connectivity index (χ4v) is 2.91. The quantitative estimate of drug-likeness (QED) is 0.811. The zero-order valence-electron chi connectivity index (χ0n) is 10.6. The van der Waals surface area contributed by atoms with Crippen LogP contribution in [0.3, 0.4) is 0 Å². The van der Waals surface area contributed by atoms with Crippen molar-refractivity contribution in [2.24, 2.45) is 5.92 Å². The van der Waals surface area contributed by atoms with Gasteiger partial charge in [-0.15, -0.1) is 0 Å². The van der Waals surface area contributed by atoms with Gasteiger partial charge >= 0.3 is 0 Å². The van der Waals surface area contributed by atoms with E-state index in [1.165, 1.54) is 0 Å². The first-order valence-electron chi connectivity index (χ1n) is 6.16. The number of sulfone groups is 1. The summed E-state index contributed by atoms with van der Waals surface area (Å²) in [5.74, 6) is 0.401. The maximum atomic E-state index is 11.9. The molecular weight excluding hydrogens is 240 g/mol. The van der Waals surface area contributed by atoms with Gasteiger partial charge in [-0.05, 0) is 38.0 Å². The molecule has 1 rings (SSSR count). The zero-order valence-corrected chi connectivity index (χ0v) is 11.4. The summed E-state index contributed by atoms with van der Waals surface area (Å²) in [6.45, 7) is 2.12. The minimum atomic E-state index is -3.01. The van der Waals surface area contributed by atoms with E-state index in [2.05, 4.69) is 6.92 Å². The number of hydrogen-bond donors (Lipinski definition) is 1. The lowest BCUT2D eigenvalue weighted by molar-refractivity contribution is -0.141. The fraction of sp³-hybridized carbons (Fsp3) is 0.917. The van der Waals surface area contributed by atoms with Crippen LogP contribution in [0.1, 0.15) is 45.4 Å². The molecule has 0 radical (unpaired) electrons. The van der Waals surface area contributed by atoms with Crippen molar-refractivity contribution in [1.82, 2.24) is 0 Å². The van der Waals surface area contributed by atoms with Crippen LogP contribution >= 0.6 is 0 Å². The van der Waals surface area contributed by atoms with E-state index in [9.17, 15) is 18.3 Å². The van der Waals surface area contributed by atoms with Crippen LogP contribution in [-0.4, -0.2) is 36.9 Å². The largest absolute Gasteiger partial charge is 0.382 e. The Labute approximate surface area is 103 Å². The van der Waals surface area contributed by atoms with Gasteiger partial charge in [0.1, 0.15) is 15.4 Å². The Morgan fingerprint density at radius 2 is 1.88 bits per heavy atom. The van der Waals surface area contributed by atoms with E-state index in [0.717, 1.165) is 19.1 Å². The third-order valence-corrected chi connectivity index (χ3v) is 4.57. The lowest BCUT2D eigenvalue weighted by Gasteiger charge is -2.33. The molecule has 1 aliphatic rings. The average molecular weight is 262 g/mol. The topological polar surface area (TPSA) is 71.4 Å². The monoisotopic (exact) mass is 262 g/mol. The van der Waals surface area contributed by atoms with E-state index >= 15 is 0 Å². The number of carbonyl (C=O) groups is 1. The number of ketones is 1. The van der Waals surface area contributed by atoms with Crippen LogP contribution in [0, 0.1) is 5.92 Å². The Morgan fingerprint density at radius 1 is 1.35 bits per heavy atom. The maximum Gasteiger partial charge on any atom is 0.164 e. The van der Waals surface area contributed by atoms with Crippen LogP contribution in [0.25, 0.3) is 0 Å². The predicted molar refractivity (Wildman–Crippen MR) is 66.5 cm³/mol. The van der Waals surface area contributed by atoms with Crippen molar-refractivity contribution < 1.29 is 18.3 Å². The van der Waals surface area contributed by atoms with E-state index < -0.39 is 15.4 Å². The Kier molecular flexibility index (Phi) is 4.72. The van der Waals surface area contributed by atoms with Gasteiger partial charge in [0.25, 0.3) is 0 Å². The summed E-state index contributed by atoms with van der Waals surface area (Å²) in [5, 5.41) is 10.2. The Morgan fingerprint density at radius 3 is 2.35 bits per heavy atom. The van der Waals surface area contributed by atoms with E-state index in [0.29, 0.717) is 25.2 Å². The zero-order chi connectivity index (χ0) is 13.1. The smallest absolute Gasteiger partial charge is 0.164 e. The Balaban J connectivity index is 2.42. The van der Waals surface area contributed by atoms with Gasteiger partial charge in [0.15, 0.2) is 5.78 Å². The average Bonchev–Trinajstić information content (AvgIpc) is 2.21. The molecule has 17 heavy (non-hydrogen) atoms. The molecule has 1 fully saturated rings. The van der Waals surface area contributed by atoms with Gasteiger partial charge in [0, 0.05) is 12.7 Å². The van der Waals surface area contributed by atoms with Gasteiger partial charge in [-0.1, -0.05) is 6.92 Å². The summed E-state index contributed by atoms with van der Waals surface area (Å²) in [7, 11) is -3.01. The van der Waals surface area contributed by atoms with Gasteiger partial charge in [0.2, 0.25) is 0 Å². The van der Waals surface area contributed by atoms with E-state index in [4.69, 9.17) is 0 Å². The molecule has 0 spiro atoms. The number of carbonyl (C=O) groups excluding carboxylic acids is 1. The maximum absolute atomic E-state index is 11.9. The second kappa shape index (κ2) is 5.48. The first-order chi connectivity index (χ1) is 7.73. The highest BCUT2D eigenvalue weighted by molar-refractivity contribution is 7.90. The highest BCUT2D eigenvalue weighted by Crippen LogP contribution is 2.33. The summed E-state index contributed by atoms with van der Waals surface area (Å²) in [6.07, 6.45) is 4.42. The molecule has 1 aliphatic carbocycles. The highest BCUT2D eigenvalue weighted by Gasteiger charge is 2.37. The van der Waals surface area contributed by atoms with Crippen LogP contribution in [0.15, 0.2) is 0 Å². The van der Waals surface area contributed by atoms with Crippen LogP contribution in [0.2, 0.25) is 0 Å². The molecule has 1 saturated carbocycles. The third kappa shape index (κ3) is 4.76. The van der Waals surface area contributed by atoms with Crippen molar-refractivity contribution in [2.75, 3.05) is 12.0 Å². The molecule has 0 atom stereocenters. The molecule has 100 valence electrons. The van der Waals surface area contributed by atoms with E-state index in [-0.39, 0.29) is 18.0 Å². The third-order valence-electron chi connectivity index (χ3n) is 3.54. The summed E-state index contributed by atoms with van der Waals surface area (Å²) in [4.78, 5) is 11.9. The molecule has 1 N–H and O–H groups in total. The Bertz CT molecular complexity index is 364. The number of Topliss-reactive ketones (excluding diaryl/α,β-unsaturated/α-hetero) is 1. The molecule has 5 heteroatoms.